The minimum absolute atomic E-state index is 0.0325. The van der Waals surface area contributed by atoms with Crippen molar-refractivity contribution in [2.45, 2.75) is 43.0 Å². The minimum atomic E-state index is -0.222. The summed E-state index contributed by atoms with van der Waals surface area (Å²) in [5.41, 5.74) is 0. The summed E-state index contributed by atoms with van der Waals surface area (Å²) in [6.07, 6.45) is 7.28. The van der Waals surface area contributed by atoms with Crippen molar-refractivity contribution in [3.63, 3.8) is 0 Å². The summed E-state index contributed by atoms with van der Waals surface area (Å²) in [6, 6.07) is -0.322. The molecular weight excluding hydrogens is 248 g/mol. The molecule has 0 bridgehead atoms. The van der Waals surface area contributed by atoms with Crippen LogP contribution in [0.25, 0.3) is 0 Å². The topological polar surface area (TPSA) is 40.6 Å². The van der Waals surface area contributed by atoms with E-state index in [1.54, 1.807) is 6.08 Å². The zero-order valence-electron chi connectivity index (χ0n) is 10.4. The van der Waals surface area contributed by atoms with E-state index < -0.39 is 0 Å². The maximum Gasteiger partial charge on any atom is 0.328 e. The van der Waals surface area contributed by atoms with Gasteiger partial charge in [0.25, 0.3) is 5.91 Å². The van der Waals surface area contributed by atoms with Crippen LogP contribution in [0.2, 0.25) is 0 Å². The van der Waals surface area contributed by atoms with E-state index in [9.17, 15) is 9.59 Å². The second kappa shape index (κ2) is 4.30. The number of carbonyl (C=O) groups is 2. The highest BCUT2D eigenvalue weighted by Crippen LogP contribution is 2.51. The molecule has 1 atom stereocenters. The molecular formula is C13H18N2O2S. The Hall–Kier alpha value is -0.970. The number of imide groups is 1. The third-order valence-corrected chi connectivity index (χ3v) is 5.82. The Labute approximate surface area is 111 Å². The van der Waals surface area contributed by atoms with E-state index in [0.29, 0.717) is 6.54 Å². The van der Waals surface area contributed by atoms with Crippen molar-refractivity contribution in [2.24, 2.45) is 0 Å². The molecule has 0 radical (unpaired) electrons. The van der Waals surface area contributed by atoms with Gasteiger partial charge in [-0.15, -0.1) is 18.3 Å². The summed E-state index contributed by atoms with van der Waals surface area (Å²) >= 11 is 1.82. The normalized spacial score (nSPS) is 30.1. The monoisotopic (exact) mass is 266 g/mol. The molecule has 0 aromatic carbocycles. The summed E-state index contributed by atoms with van der Waals surface area (Å²) in [5.74, 6) is 0.730. The second-order valence-electron chi connectivity index (χ2n) is 5.22. The van der Waals surface area contributed by atoms with Crippen LogP contribution in [0.15, 0.2) is 12.7 Å². The van der Waals surface area contributed by atoms with Crippen LogP contribution in [0.5, 0.6) is 0 Å². The maximum atomic E-state index is 12.4. The zero-order chi connectivity index (χ0) is 12.8. The Bertz CT molecular complexity index is 404. The number of thioether (sulfide) groups is 1. The lowest BCUT2D eigenvalue weighted by atomic mass is 9.93. The van der Waals surface area contributed by atoms with Crippen LogP contribution in [-0.2, 0) is 4.79 Å². The Balaban J connectivity index is 1.90. The molecule has 2 aliphatic heterocycles. The van der Waals surface area contributed by atoms with E-state index in [4.69, 9.17) is 0 Å². The summed E-state index contributed by atoms with van der Waals surface area (Å²) in [5, 5.41) is 0. The highest BCUT2D eigenvalue weighted by atomic mass is 32.2. The third kappa shape index (κ3) is 1.53. The van der Waals surface area contributed by atoms with Crippen molar-refractivity contribution in [1.82, 2.24) is 9.80 Å². The van der Waals surface area contributed by atoms with Crippen LogP contribution in [-0.4, -0.2) is 44.9 Å². The number of fused-ring (bicyclic) bond motifs is 2. The molecule has 2 saturated heterocycles. The Morgan fingerprint density at radius 3 is 2.72 bits per heavy atom. The van der Waals surface area contributed by atoms with Gasteiger partial charge in [0.2, 0.25) is 0 Å². The Morgan fingerprint density at radius 2 is 2.06 bits per heavy atom. The number of amides is 3. The predicted molar refractivity (Wildman–Crippen MR) is 71.2 cm³/mol. The van der Waals surface area contributed by atoms with Crippen LogP contribution in [0, 0.1) is 0 Å². The standard InChI is InChI=1S/C13H18N2O2S/c1-2-8-14-11(16)10-9-18-13(15(10)12(14)17)6-4-3-5-7-13/h2,10H,1,3-9H2/t10-/m0/s1. The molecule has 3 rings (SSSR count). The average Bonchev–Trinajstić information content (AvgIpc) is 2.85. The van der Waals surface area contributed by atoms with Gasteiger partial charge in [-0.1, -0.05) is 25.3 Å². The Morgan fingerprint density at radius 1 is 1.33 bits per heavy atom. The van der Waals surface area contributed by atoms with Gasteiger partial charge in [0, 0.05) is 12.3 Å². The fraction of sp³-hybridized carbons (Fsp3) is 0.692. The van der Waals surface area contributed by atoms with E-state index in [1.807, 2.05) is 16.7 Å². The molecule has 0 unspecified atom stereocenters. The first-order valence-electron chi connectivity index (χ1n) is 6.59. The van der Waals surface area contributed by atoms with Crippen LogP contribution in [0.4, 0.5) is 4.79 Å². The van der Waals surface area contributed by atoms with Gasteiger partial charge >= 0.3 is 6.03 Å². The lowest BCUT2D eigenvalue weighted by molar-refractivity contribution is -0.127. The van der Waals surface area contributed by atoms with E-state index in [2.05, 4.69) is 6.58 Å². The average molecular weight is 266 g/mol. The van der Waals surface area contributed by atoms with Crippen LogP contribution >= 0.6 is 11.8 Å². The highest BCUT2D eigenvalue weighted by Gasteiger charge is 2.58. The molecule has 3 amide bonds. The van der Waals surface area contributed by atoms with E-state index in [0.717, 1.165) is 18.6 Å². The number of hydrogen-bond donors (Lipinski definition) is 0. The van der Waals surface area contributed by atoms with Crippen LogP contribution < -0.4 is 0 Å². The number of hydrogen-bond acceptors (Lipinski definition) is 3. The van der Waals surface area contributed by atoms with Crippen molar-refractivity contribution in [3.8, 4) is 0 Å². The summed E-state index contributed by atoms with van der Waals surface area (Å²) < 4.78 is 0. The molecule has 1 aliphatic carbocycles. The van der Waals surface area contributed by atoms with Gasteiger partial charge in [0.15, 0.2) is 0 Å². The van der Waals surface area contributed by atoms with Gasteiger partial charge in [-0.05, 0) is 12.8 Å². The predicted octanol–water partition coefficient (Wildman–Crippen LogP) is 2.21. The van der Waals surface area contributed by atoms with Crippen molar-refractivity contribution < 1.29 is 9.59 Å². The maximum absolute atomic E-state index is 12.4. The van der Waals surface area contributed by atoms with Gasteiger partial charge in [-0.2, -0.15) is 0 Å². The SMILES string of the molecule is C=CCN1C(=O)[C@@H]2CSC3(CCCCC3)N2C1=O. The first-order chi connectivity index (χ1) is 8.69. The number of urea groups is 1. The number of carbonyl (C=O) groups excluding carboxylic acids is 2. The number of nitrogens with zero attached hydrogens (tertiary/aromatic N) is 2. The first-order valence-corrected chi connectivity index (χ1v) is 7.58. The number of rotatable bonds is 2. The summed E-state index contributed by atoms with van der Waals surface area (Å²) in [7, 11) is 0. The molecule has 2 heterocycles. The quantitative estimate of drug-likeness (QED) is 0.568. The molecule has 5 heteroatoms. The van der Waals surface area contributed by atoms with Gasteiger partial charge < -0.3 is 0 Å². The van der Waals surface area contributed by atoms with Gasteiger partial charge in [-0.25, -0.2) is 4.79 Å². The lowest BCUT2D eigenvalue weighted by Gasteiger charge is -2.39. The van der Waals surface area contributed by atoms with Crippen molar-refractivity contribution >= 4 is 23.7 Å². The summed E-state index contributed by atoms with van der Waals surface area (Å²) in [4.78, 5) is 27.8. The van der Waals surface area contributed by atoms with E-state index in [-0.39, 0.29) is 22.9 Å². The third-order valence-electron chi connectivity index (χ3n) is 4.20. The molecule has 18 heavy (non-hydrogen) atoms. The second-order valence-corrected chi connectivity index (χ2v) is 6.61. The largest absolute Gasteiger partial charge is 0.328 e. The highest BCUT2D eigenvalue weighted by molar-refractivity contribution is 8.01. The zero-order valence-corrected chi connectivity index (χ0v) is 11.2. The molecule has 4 nitrogen and oxygen atoms in total. The van der Waals surface area contributed by atoms with Crippen molar-refractivity contribution in [1.29, 1.82) is 0 Å². The molecule has 0 aromatic heterocycles. The molecule has 1 saturated carbocycles. The van der Waals surface area contributed by atoms with Gasteiger partial charge in [0.05, 0.1) is 4.87 Å². The van der Waals surface area contributed by atoms with Gasteiger partial charge in [0.1, 0.15) is 6.04 Å². The van der Waals surface area contributed by atoms with Crippen LogP contribution in [0.1, 0.15) is 32.1 Å². The fourth-order valence-electron chi connectivity index (χ4n) is 3.34. The Kier molecular flexibility index (Phi) is 2.88. The first kappa shape index (κ1) is 12.1. The lowest BCUT2D eigenvalue weighted by Crippen LogP contribution is -2.48. The molecule has 3 aliphatic rings. The van der Waals surface area contributed by atoms with Crippen molar-refractivity contribution in [3.05, 3.63) is 12.7 Å². The van der Waals surface area contributed by atoms with E-state index >= 15 is 0 Å². The molecule has 0 N–H and O–H groups in total. The summed E-state index contributed by atoms with van der Waals surface area (Å²) in [6.45, 7) is 3.96. The van der Waals surface area contributed by atoms with Crippen LogP contribution in [0.3, 0.4) is 0 Å². The molecule has 3 fully saturated rings. The minimum Gasteiger partial charge on any atom is -0.297 e. The molecule has 1 spiro atoms. The van der Waals surface area contributed by atoms with Gasteiger partial charge in [-0.3, -0.25) is 14.6 Å². The van der Waals surface area contributed by atoms with E-state index in [1.165, 1.54) is 24.2 Å². The van der Waals surface area contributed by atoms with Crippen molar-refractivity contribution in [2.75, 3.05) is 12.3 Å². The smallest absolute Gasteiger partial charge is 0.297 e. The molecule has 98 valence electrons. The fourth-order valence-corrected chi connectivity index (χ4v) is 5.02. The molecule has 0 aromatic rings.